The number of hydrogen-bond donors (Lipinski definition) is 5. The van der Waals surface area contributed by atoms with E-state index in [4.69, 9.17) is 20.5 Å². The second-order valence-corrected chi connectivity index (χ2v) is 8.70. The summed E-state index contributed by atoms with van der Waals surface area (Å²) >= 11 is 0. The number of carbonyl (C=O) groups is 3. The van der Waals surface area contributed by atoms with Crippen LogP contribution in [0.4, 0.5) is 0 Å². The molecule has 2 amide bonds. The smallest absolute Gasteiger partial charge is 0.322 e. The van der Waals surface area contributed by atoms with Gasteiger partial charge in [0.15, 0.2) is 5.76 Å². The lowest BCUT2D eigenvalue weighted by Crippen LogP contribution is -2.48. The maximum absolute atomic E-state index is 13.0. The van der Waals surface area contributed by atoms with Crippen LogP contribution in [0.5, 0.6) is 5.75 Å². The summed E-state index contributed by atoms with van der Waals surface area (Å²) in [4.78, 5) is 35.4. The molecule has 1 saturated carbocycles. The number of nitrogens with one attached hydrogen (secondary N) is 2. The number of aromatic hydroxyl groups is 1. The van der Waals surface area contributed by atoms with Crippen LogP contribution in [0, 0.1) is 12.8 Å². The Morgan fingerprint density at radius 1 is 1.19 bits per heavy atom. The first kappa shape index (κ1) is 26.6. The molecule has 0 radical (unpaired) electrons. The van der Waals surface area contributed by atoms with Crippen molar-refractivity contribution >= 4 is 23.5 Å². The minimum absolute atomic E-state index is 0.0975. The first-order chi connectivity index (χ1) is 17.3. The third kappa shape index (κ3) is 7.22. The van der Waals surface area contributed by atoms with Crippen molar-refractivity contribution in [3.63, 3.8) is 0 Å². The Bertz CT molecular complexity index is 1090. The maximum Gasteiger partial charge on any atom is 0.322 e. The van der Waals surface area contributed by atoms with Gasteiger partial charge in [0, 0.05) is 12.0 Å². The fourth-order valence-corrected chi connectivity index (χ4v) is 4.12. The number of hydrogen-bond acceptors (Lipinski definition) is 7. The van der Waals surface area contributed by atoms with Crippen molar-refractivity contribution in [2.45, 2.75) is 45.4 Å². The Morgan fingerprint density at radius 2 is 1.89 bits per heavy atom. The van der Waals surface area contributed by atoms with E-state index >= 15 is 0 Å². The van der Waals surface area contributed by atoms with E-state index in [2.05, 4.69) is 10.6 Å². The van der Waals surface area contributed by atoms with Crippen LogP contribution < -0.4 is 16.5 Å². The summed E-state index contributed by atoms with van der Waals surface area (Å²) in [5, 5.41) is 23.8. The van der Waals surface area contributed by atoms with Gasteiger partial charge in [-0.05, 0) is 56.0 Å². The molecule has 2 aliphatic rings. The van der Waals surface area contributed by atoms with Gasteiger partial charge >= 0.3 is 5.97 Å². The number of aryl methyl sites for hydroxylation is 1. The minimum atomic E-state index is -1.13. The van der Waals surface area contributed by atoms with Crippen LogP contribution >= 0.6 is 0 Å². The molecule has 4 rings (SSSR count). The number of aliphatic carboxylic acids is 1. The van der Waals surface area contributed by atoms with Gasteiger partial charge in [0.05, 0.1) is 12.0 Å². The first-order valence-electron chi connectivity index (χ1n) is 11.8. The molecule has 2 aromatic rings. The molecule has 0 saturated heterocycles. The Kier molecular flexibility index (Phi) is 9.29. The number of phenolic OH excluding ortho intramolecular Hbond substituents is 1. The number of benzene rings is 1. The third-order valence-electron chi connectivity index (χ3n) is 5.96. The van der Waals surface area contributed by atoms with Crippen molar-refractivity contribution in [3.8, 4) is 5.75 Å². The van der Waals surface area contributed by atoms with E-state index in [0.29, 0.717) is 22.8 Å². The number of nitrogens with zero attached hydrogens (tertiary/aromatic N) is 1. The molecule has 1 aromatic carbocycles. The number of phenols is 1. The molecular formula is C26H32N4O6. The second-order valence-electron chi connectivity index (χ2n) is 8.70. The summed E-state index contributed by atoms with van der Waals surface area (Å²) in [6.07, 6.45) is 7.97. The number of carbonyl (C=O) groups excluding carboxylic acids is 2. The zero-order chi connectivity index (χ0) is 26.1. The van der Waals surface area contributed by atoms with E-state index in [1.165, 1.54) is 17.9 Å². The van der Waals surface area contributed by atoms with E-state index < -0.39 is 18.4 Å². The van der Waals surface area contributed by atoms with Crippen molar-refractivity contribution in [3.05, 3.63) is 71.5 Å². The van der Waals surface area contributed by atoms with Crippen LogP contribution in [0.2, 0.25) is 0 Å². The standard InChI is InChI=1S/C19H24N4O5.C7H8O/c20-23-14(8-9-15(24)21-11-16(25)26)22-18(13-7-4-10-28-13)17(19(23)27)12-5-2-1-3-6-12;1-6-2-4-7(8)5-3-6/h4,7-8,10,12,22H,1-3,5-6,9,11,20H2,(H,21,24)(H,25,26);2-5,8H,1H3/b14-8-;. The van der Waals surface area contributed by atoms with Crippen molar-refractivity contribution in [1.82, 2.24) is 15.6 Å². The van der Waals surface area contributed by atoms with E-state index in [-0.39, 0.29) is 24.1 Å². The maximum atomic E-state index is 13.0. The number of carboxylic acids is 1. The fourth-order valence-electron chi connectivity index (χ4n) is 4.12. The van der Waals surface area contributed by atoms with Gasteiger partial charge in [-0.2, -0.15) is 0 Å². The molecule has 1 aromatic heterocycles. The zero-order valence-electron chi connectivity index (χ0n) is 20.2. The van der Waals surface area contributed by atoms with E-state index in [1.807, 2.05) is 19.1 Å². The predicted molar refractivity (Wildman–Crippen MR) is 133 cm³/mol. The first-order valence-corrected chi connectivity index (χ1v) is 11.8. The number of furan rings is 1. The molecule has 192 valence electrons. The van der Waals surface area contributed by atoms with Gasteiger partial charge in [0.2, 0.25) is 5.91 Å². The largest absolute Gasteiger partial charge is 0.508 e. The SMILES string of the molecule is Cc1ccc(O)cc1.NN1C(=O)C(C2CCCCC2)=C(c2ccco2)N/C1=C/CC(=O)NCC(=O)O. The van der Waals surface area contributed by atoms with Crippen LogP contribution in [-0.4, -0.2) is 39.6 Å². The Morgan fingerprint density at radius 3 is 2.47 bits per heavy atom. The number of rotatable bonds is 6. The van der Waals surface area contributed by atoms with Crippen molar-refractivity contribution < 1.29 is 29.0 Å². The average molecular weight is 497 g/mol. The van der Waals surface area contributed by atoms with Crippen LogP contribution in [0.1, 0.15) is 49.8 Å². The summed E-state index contributed by atoms with van der Waals surface area (Å²) < 4.78 is 5.51. The van der Waals surface area contributed by atoms with E-state index in [1.54, 1.807) is 24.3 Å². The molecule has 1 aliphatic carbocycles. The molecule has 36 heavy (non-hydrogen) atoms. The van der Waals surface area contributed by atoms with E-state index in [9.17, 15) is 14.4 Å². The van der Waals surface area contributed by atoms with Crippen molar-refractivity contribution in [2.24, 2.45) is 11.8 Å². The molecular weight excluding hydrogens is 464 g/mol. The lowest BCUT2D eigenvalue weighted by atomic mass is 9.81. The fraction of sp³-hybridized carbons (Fsp3) is 0.346. The highest BCUT2D eigenvalue weighted by Crippen LogP contribution is 2.37. The summed E-state index contributed by atoms with van der Waals surface area (Å²) in [6.45, 7) is 1.52. The van der Waals surface area contributed by atoms with Crippen LogP contribution in [0.15, 0.2) is 64.5 Å². The van der Waals surface area contributed by atoms with Crippen molar-refractivity contribution in [1.29, 1.82) is 0 Å². The van der Waals surface area contributed by atoms with Gasteiger partial charge in [-0.3, -0.25) is 14.4 Å². The predicted octanol–water partition coefficient (Wildman–Crippen LogP) is 3.01. The Balaban J connectivity index is 0.000000383. The summed E-state index contributed by atoms with van der Waals surface area (Å²) in [6, 6.07) is 10.6. The minimum Gasteiger partial charge on any atom is -0.508 e. The van der Waals surface area contributed by atoms with Gasteiger partial charge in [0.1, 0.15) is 18.1 Å². The second kappa shape index (κ2) is 12.6. The van der Waals surface area contributed by atoms with Gasteiger partial charge in [0.25, 0.3) is 5.91 Å². The van der Waals surface area contributed by atoms with Crippen LogP contribution in [-0.2, 0) is 14.4 Å². The molecule has 0 atom stereocenters. The zero-order valence-corrected chi connectivity index (χ0v) is 20.2. The molecule has 1 aliphatic heterocycles. The molecule has 0 unspecified atom stereocenters. The molecule has 6 N–H and O–H groups in total. The number of amides is 2. The summed E-state index contributed by atoms with van der Waals surface area (Å²) in [5.41, 5.74) is 2.34. The number of hydrazine groups is 1. The van der Waals surface area contributed by atoms with Crippen LogP contribution in [0.25, 0.3) is 5.70 Å². The molecule has 1 fully saturated rings. The van der Waals surface area contributed by atoms with Gasteiger partial charge < -0.3 is 25.3 Å². The molecule has 10 heteroatoms. The monoisotopic (exact) mass is 496 g/mol. The quantitative estimate of drug-likeness (QED) is 0.302. The molecule has 2 heterocycles. The van der Waals surface area contributed by atoms with Crippen LogP contribution in [0.3, 0.4) is 0 Å². The normalized spacial score (nSPS) is 17.3. The Hall–Kier alpha value is -4.05. The third-order valence-corrected chi connectivity index (χ3v) is 5.96. The molecule has 0 spiro atoms. The number of carboxylic acid groups (broad SMARTS) is 1. The summed E-state index contributed by atoms with van der Waals surface area (Å²) in [5.74, 6) is 5.27. The lowest BCUT2D eigenvalue weighted by molar-refractivity contribution is -0.137. The molecule has 10 nitrogen and oxygen atoms in total. The van der Waals surface area contributed by atoms with Gasteiger partial charge in [-0.15, -0.1) is 0 Å². The highest BCUT2D eigenvalue weighted by atomic mass is 16.4. The Labute approximate surface area is 209 Å². The lowest BCUT2D eigenvalue weighted by Gasteiger charge is -2.34. The van der Waals surface area contributed by atoms with Gasteiger partial charge in [-0.1, -0.05) is 37.0 Å². The topological polar surface area (TPSA) is 158 Å². The molecule has 0 bridgehead atoms. The highest BCUT2D eigenvalue weighted by Gasteiger charge is 2.35. The highest BCUT2D eigenvalue weighted by molar-refractivity contribution is 6.03. The summed E-state index contributed by atoms with van der Waals surface area (Å²) in [7, 11) is 0. The van der Waals surface area contributed by atoms with E-state index in [0.717, 1.165) is 37.1 Å². The average Bonchev–Trinajstić information content (AvgIpc) is 3.41. The number of nitrogens with two attached hydrogens (primary N) is 1. The van der Waals surface area contributed by atoms with Gasteiger partial charge in [-0.25, -0.2) is 10.9 Å². The van der Waals surface area contributed by atoms with Crippen molar-refractivity contribution in [2.75, 3.05) is 6.54 Å².